The molecule has 9 rings (SSSR count). The lowest BCUT2D eigenvalue weighted by atomic mass is 9.89. The van der Waals surface area contributed by atoms with Crippen molar-refractivity contribution in [2.24, 2.45) is 0 Å². The van der Waals surface area contributed by atoms with Gasteiger partial charge in [0.05, 0.1) is 11.2 Å². The van der Waals surface area contributed by atoms with E-state index in [1.165, 1.54) is 27.5 Å². The van der Waals surface area contributed by atoms with Gasteiger partial charge in [-0.05, 0) is 68.9 Å². The summed E-state index contributed by atoms with van der Waals surface area (Å²) >= 11 is 0. The van der Waals surface area contributed by atoms with Crippen molar-refractivity contribution in [1.29, 1.82) is 0 Å². The normalized spacial score (nSPS) is 11.4. The number of nitrogens with zero attached hydrogens (tertiary/aromatic N) is 2. The van der Waals surface area contributed by atoms with E-state index in [0.717, 1.165) is 55.5 Å². The van der Waals surface area contributed by atoms with E-state index in [4.69, 9.17) is 14.4 Å². The van der Waals surface area contributed by atoms with Crippen molar-refractivity contribution in [3.05, 3.63) is 170 Å². The third kappa shape index (κ3) is 4.77. The fourth-order valence-electron chi connectivity index (χ4n) is 6.66. The molecule has 9 aromatic rings. The van der Waals surface area contributed by atoms with E-state index in [0.29, 0.717) is 5.89 Å². The van der Waals surface area contributed by atoms with E-state index < -0.39 is 0 Å². The minimum atomic E-state index is 0.623. The Hall–Kier alpha value is -6.32. The quantitative estimate of drug-likeness (QED) is 0.197. The number of fused-ring (bicyclic) bond motifs is 3. The van der Waals surface area contributed by atoms with E-state index in [2.05, 4.69) is 133 Å². The summed E-state index contributed by atoms with van der Waals surface area (Å²) in [6.07, 6.45) is 0. The molecule has 2 heterocycles. The van der Waals surface area contributed by atoms with Crippen LogP contribution in [0.2, 0.25) is 0 Å². The average Bonchev–Trinajstić information content (AvgIpc) is 3.60. The Kier molecular flexibility index (Phi) is 6.46. The number of benzene rings is 7. The molecule has 0 unspecified atom stereocenters. The number of para-hydroxylation sites is 2. The molecule has 0 spiro atoms. The minimum absolute atomic E-state index is 0.623. The van der Waals surface area contributed by atoms with Crippen molar-refractivity contribution in [2.75, 3.05) is 0 Å². The first-order valence-corrected chi connectivity index (χ1v) is 15.8. The summed E-state index contributed by atoms with van der Waals surface area (Å²) in [5.41, 5.74) is 12.4. The second-order valence-corrected chi connectivity index (χ2v) is 11.8. The highest BCUT2D eigenvalue weighted by Gasteiger charge is 2.18. The van der Waals surface area contributed by atoms with Crippen molar-refractivity contribution >= 4 is 32.8 Å². The number of oxazole rings is 1. The van der Waals surface area contributed by atoms with Crippen LogP contribution in [0.1, 0.15) is 0 Å². The van der Waals surface area contributed by atoms with Crippen LogP contribution in [-0.2, 0) is 0 Å². The molecule has 0 aliphatic rings. The molecule has 3 heteroatoms. The van der Waals surface area contributed by atoms with E-state index >= 15 is 0 Å². The fourth-order valence-corrected chi connectivity index (χ4v) is 6.66. The summed E-state index contributed by atoms with van der Waals surface area (Å²) < 4.78 is 6.27. The van der Waals surface area contributed by atoms with Gasteiger partial charge in [0.1, 0.15) is 5.52 Å². The number of aromatic nitrogens is 2. The summed E-state index contributed by atoms with van der Waals surface area (Å²) in [4.78, 5) is 10.1. The molecule has 0 saturated carbocycles. The van der Waals surface area contributed by atoms with Crippen molar-refractivity contribution in [3.8, 4) is 56.1 Å². The molecule has 0 aliphatic carbocycles. The lowest BCUT2D eigenvalue weighted by molar-refractivity contribution is 0.620. The smallest absolute Gasteiger partial charge is 0.227 e. The van der Waals surface area contributed by atoms with Crippen LogP contribution in [0.15, 0.2) is 174 Å². The van der Waals surface area contributed by atoms with E-state index in [9.17, 15) is 0 Å². The highest BCUT2D eigenvalue weighted by Crippen LogP contribution is 2.42. The van der Waals surface area contributed by atoms with E-state index in [1.807, 2.05) is 36.4 Å². The van der Waals surface area contributed by atoms with Crippen LogP contribution in [0, 0.1) is 0 Å². The zero-order chi connectivity index (χ0) is 31.2. The van der Waals surface area contributed by atoms with Gasteiger partial charge in [-0.3, -0.25) is 0 Å². The Bertz CT molecular complexity index is 2550. The Morgan fingerprint density at radius 1 is 0.404 bits per heavy atom. The second kappa shape index (κ2) is 11.2. The molecule has 2 aromatic heterocycles. The van der Waals surface area contributed by atoms with Gasteiger partial charge in [-0.25, -0.2) is 9.97 Å². The molecule has 47 heavy (non-hydrogen) atoms. The van der Waals surface area contributed by atoms with Gasteiger partial charge in [0.15, 0.2) is 5.58 Å². The van der Waals surface area contributed by atoms with Crippen LogP contribution in [0.3, 0.4) is 0 Å². The van der Waals surface area contributed by atoms with Crippen LogP contribution >= 0.6 is 0 Å². The lowest BCUT2D eigenvalue weighted by Crippen LogP contribution is -1.91. The molecule has 0 fully saturated rings. The third-order valence-corrected chi connectivity index (χ3v) is 8.93. The van der Waals surface area contributed by atoms with Crippen LogP contribution in [0.4, 0.5) is 0 Å². The summed E-state index contributed by atoms with van der Waals surface area (Å²) in [5, 5.41) is 3.53. The standard InChI is InChI=1S/C44H28N2O/c1-3-12-29(13-4-1)38-28-40(45-39-20-10-9-18-35(38)39)31-22-24-32(25-23-31)42-34-17-8-7-14-30(34)26-27-36(42)37-19-11-21-41-43(37)46-44(47-41)33-15-5-2-6-16-33/h1-28H. The van der Waals surface area contributed by atoms with Gasteiger partial charge >= 0.3 is 0 Å². The zero-order valence-electron chi connectivity index (χ0n) is 25.5. The summed E-state index contributed by atoms with van der Waals surface area (Å²) in [5.74, 6) is 0.623. The Morgan fingerprint density at radius 3 is 1.89 bits per heavy atom. The largest absolute Gasteiger partial charge is 0.436 e. The maximum atomic E-state index is 6.27. The molecule has 0 N–H and O–H groups in total. The van der Waals surface area contributed by atoms with Crippen LogP contribution in [-0.4, -0.2) is 9.97 Å². The van der Waals surface area contributed by atoms with Crippen molar-refractivity contribution in [2.45, 2.75) is 0 Å². The van der Waals surface area contributed by atoms with Crippen molar-refractivity contribution in [1.82, 2.24) is 9.97 Å². The van der Waals surface area contributed by atoms with Gasteiger partial charge in [0, 0.05) is 22.1 Å². The first kappa shape index (κ1) is 27.0. The van der Waals surface area contributed by atoms with Crippen LogP contribution < -0.4 is 0 Å². The molecule has 0 saturated heterocycles. The Morgan fingerprint density at radius 2 is 1.09 bits per heavy atom. The molecule has 3 nitrogen and oxygen atoms in total. The Labute approximate surface area is 272 Å². The molecule has 0 bridgehead atoms. The molecule has 0 radical (unpaired) electrons. The maximum Gasteiger partial charge on any atom is 0.227 e. The van der Waals surface area contributed by atoms with E-state index in [1.54, 1.807) is 0 Å². The predicted octanol–water partition coefficient (Wildman–Crippen LogP) is 11.9. The first-order chi connectivity index (χ1) is 23.3. The van der Waals surface area contributed by atoms with Gasteiger partial charge in [-0.15, -0.1) is 0 Å². The predicted molar refractivity (Wildman–Crippen MR) is 194 cm³/mol. The summed E-state index contributed by atoms with van der Waals surface area (Å²) in [6, 6.07) is 59.2. The Balaban J connectivity index is 1.20. The number of rotatable bonds is 5. The topological polar surface area (TPSA) is 38.9 Å². The van der Waals surface area contributed by atoms with Crippen LogP contribution in [0.25, 0.3) is 88.9 Å². The molecule has 0 atom stereocenters. The van der Waals surface area contributed by atoms with Gasteiger partial charge in [-0.1, -0.05) is 140 Å². The third-order valence-electron chi connectivity index (χ3n) is 8.93. The highest BCUT2D eigenvalue weighted by molar-refractivity contribution is 6.07. The highest BCUT2D eigenvalue weighted by atomic mass is 16.3. The van der Waals surface area contributed by atoms with E-state index in [-0.39, 0.29) is 0 Å². The number of hydrogen-bond acceptors (Lipinski definition) is 3. The molecule has 220 valence electrons. The molecular formula is C44H28N2O. The van der Waals surface area contributed by atoms with Gasteiger partial charge in [0.2, 0.25) is 5.89 Å². The molecular weight excluding hydrogens is 572 g/mol. The number of pyridine rings is 1. The summed E-state index contributed by atoms with van der Waals surface area (Å²) in [6.45, 7) is 0. The monoisotopic (exact) mass is 600 g/mol. The van der Waals surface area contributed by atoms with Gasteiger partial charge in [-0.2, -0.15) is 0 Å². The molecule has 7 aromatic carbocycles. The minimum Gasteiger partial charge on any atom is -0.436 e. The van der Waals surface area contributed by atoms with Crippen molar-refractivity contribution in [3.63, 3.8) is 0 Å². The first-order valence-electron chi connectivity index (χ1n) is 15.8. The van der Waals surface area contributed by atoms with Gasteiger partial charge < -0.3 is 4.42 Å². The average molecular weight is 601 g/mol. The zero-order valence-corrected chi connectivity index (χ0v) is 25.5. The molecule has 0 aliphatic heterocycles. The number of hydrogen-bond donors (Lipinski definition) is 0. The second-order valence-electron chi connectivity index (χ2n) is 11.8. The lowest BCUT2D eigenvalue weighted by Gasteiger charge is -2.15. The molecule has 0 amide bonds. The van der Waals surface area contributed by atoms with Crippen molar-refractivity contribution < 1.29 is 4.42 Å². The maximum absolute atomic E-state index is 6.27. The van der Waals surface area contributed by atoms with Gasteiger partial charge in [0.25, 0.3) is 0 Å². The SMILES string of the molecule is c1ccc(-c2nc3c(-c4ccc5ccccc5c4-c4ccc(-c5cc(-c6ccccc6)c6ccccc6n5)cc4)cccc3o2)cc1. The van der Waals surface area contributed by atoms with Crippen LogP contribution in [0.5, 0.6) is 0 Å². The fraction of sp³-hybridized carbons (Fsp3) is 0. The summed E-state index contributed by atoms with van der Waals surface area (Å²) in [7, 11) is 0.